The number of carbonyl (C=O) groups excluding carboxylic acids is 3. The van der Waals surface area contributed by atoms with Crippen LogP contribution in [0.4, 0.5) is 5.69 Å². The molecule has 1 N–H and O–H groups in total. The number of hydrogen-bond donors (Lipinski definition) is 1. The van der Waals surface area contributed by atoms with E-state index >= 15 is 4.79 Å². The minimum absolute atomic E-state index is 0.111. The van der Waals surface area contributed by atoms with Crippen molar-refractivity contribution in [3.63, 3.8) is 0 Å². The van der Waals surface area contributed by atoms with Gasteiger partial charge in [0.05, 0.1) is 39.9 Å². The van der Waals surface area contributed by atoms with Crippen LogP contribution in [-0.2, 0) is 20.9 Å². The molecular formula is C37H37BrClN3O4S. The summed E-state index contributed by atoms with van der Waals surface area (Å²) < 4.78 is -0.928. The molecule has 3 amide bonds. The van der Waals surface area contributed by atoms with Gasteiger partial charge in [0, 0.05) is 29.7 Å². The van der Waals surface area contributed by atoms with Gasteiger partial charge in [-0.25, -0.2) is 0 Å². The molecule has 1 spiro atoms. The summed E-state index contributed by atoms with van der Waals surface area (Å²) in [5.41, 5.74) is 2.19. The first kappa shape index (κ1) is 33.5. The predicted octanol–water partition coefficient (Wildman–Crippen LogP) is 6.27. The first-order chi connectivity index (χ1) is 22.8. The number of halogens is 2. The Morgan fingerprint density at radius 2 is 1.64 bits per heavy atom. The van der Waals surface area contributed by atoms with Crippen LogP contribution in [0.5, 0.6) is 0 Å². The topological polar surface area (TPSA) is 81.2 Å². The number of thioether (sulfide) groups is 1. The summed E-state index contributed by atoms with van der Waals surface area (Å²) in [5, 5.41) is 11.0. The number of aliphatic hydroxyl groups excluding tert-OH is 1. The number of carbonyl (C=O) groups is 3. The maximum atomic E-state index is 15.1. The summed E-state index contributed by atoms with van der Waals surface area (Å²) in [5.74, 6) is -2.22. The molecule has 3 aromatic carbocycles. The van der Waals surface area contributed by atoms with E-state index in [0.717, 1.165) is 5.56 Å². The summed E-state index contributed by atoms with van der Waals surface area (Å²) in [4.78, 5) is 49.5. The minimum Gasteiger partial charge on any atom is -0.394 e. The molecule has 7 atom stereocenters. The number of fused-ring (bicyclic) bond motifs is 1. The van der Waals surface area contributed by atoms with E-state index in [1.165, 1.54) is 0 Å². The number of benzene rings is 3. The molecule has 3 saturated heterocycles. The first-order valence-electron chi connectivity index (χ1n) is 15.7. The molecule has 0 aliphatic carbocycles. The fraction of sp³-hybridized carbons (Fsp3) is 0.324. The van der Waals surface area contributed by atoms with Crippen LogP contribution < -0.4 is 4.90 Å². The summed E-state index contributed by atoms with van der Waals surface area (Å²) in [6.07, 6.45) is 3.84. The van der Waals surface area contributed by atoms with Crippen molar-refractivity contribution in [3.05, 3.63) is 126 Å². The molecule has 244 valence electrons. The van der Waals surface area contributed by atoms with Crippen molar-refractivity contribution in [1.29, 1.82) is 0 Å². The van der Waals surface area contributed by atoms with Crippen LogP contribution in [-0.4, -0.2) is 73.2 Å². The number of alkyl halides is 1. The van der Waals surface area contributed by atoms with Gasteiger partial charge >= 0.3 is 0 Å². The summed E-state index contributed by atoms with van der Waals surface area (Å²) >= 11 is 12.1. The molecule has 3 fully saturated rings. The number of aliphatic hydroxyl groups is 1. The number of anilines is 1. The van der Waals surface area contributed by atoms with E-state index in [2.05, 4.69) is 29.1 Å². The van der Waals surface area contributed by atoms with E-state index in [1.54, 1.807) is 56.8 Å². The standard InChI is InChI=1S/C37H37BrClN3O4S/c1-3-19-40(22-24-13-7-5-8-14-24)34(44)30-31-35(45)42(29(23-43)25-15-9-6-10-16-25)33(37(31)21-26(38)32(30)47-37)36(46)41(20-4-2)28-18-12-11-17-27(28)39/h3-18,26,29-33,43H,1-2,19-23H2/t26?,29-,30-,31+,32-,33?,37?/m1/s1. The highest BCUT2D eigenvalue weighted by Gasteiger charge is 2.76. The Morgan fingerprint density at radius 3 is 2.28 bits per heavy atom. The van der Waals surface area contributed by atoms with Crippen molar-refractivity contribution in [3.8, 4) is 0 Å². The fourth-order valence-electron chi connectivity index (χ4n) is 7.65. The summed E-state index contributed by atoms with van der Waals surface area (Å²) in [6.45, 7) is 8.26. The number of amides is 3. The summed E-state index contributed by atoms with van der Waals surface area (Å²) in [6, 6.07) is 24.3. The molecule has 0 aromatic heterocycles. The molecule has 10 heteroatoms. The van der Waals surface area contributed by atoms with Gasteiger partial charge in [-0.1, -0.05) is 112 Å². The number of para-hydroxylation sites is 1. The van der Waals surface area contributed by atoms with Gasteiger partial charge in [0.15, 0.2) is 0 Å². The van der Waals surface area contributed by atoms with Crippen LogP contribution in [0.2, 0.25) is 5.02 Å². The molecule has 3 aliphatic rings. The Labute approximate surface area is 293 Å². The lowest BCUT2D eigenvalue weighted by Gasteiger charge is -2.40. The third-order valence-corrected chi connectivity index (χ3v) is 13.1. The Hall–Kier alpha value is -3.37. The highest BCUT2D eigenvalue weighted by molar-refractivity contribution is 9.09. The van der Waals surface area contributed by atoms with Crippen LogP contribution in [0.15, 0.2) is 110 Å². The van der Waals surface area contributed by atoms with Crippen LogP contribution in [0.25, 0.3) is 0 Å². The third kappa shape index (κ3) is 5.86. The smallest absolute Gasteiger partial charge is 0.251 e. The predicted molar refractivity (Wildman–Crippen MR) is 191 cm³/mol. The SMILES string of the molecule is C=CCN(Cc1ccccc1)C(=O)[C@H]1[C@@H]2SC3(CC2Br)C(C(=O)N(CC=C)c2ccccc2Cl)N([C@H](CO)c2ccccc2)C(=O)[C@H]13. The van der Waals surface area contributed by atoms with Crippen molar-refractivity contribution in [2.24, 2.45) is 11.8 Å². The molecule has 3 unspecified atom stereocenters. The zero-order valence-corrected chi connectivity index (χ0v) is 29.0. The van der Waals surface area contributed by atoms with Gasteiger partial charge in [0.25, 0.3) is 5.91 Å². The molecule has 6 rings (SSSR count). The van der Waals surface area contributed by atoms with Crippen LogP contribution in [0.3, 0.4) is 0 Å². The Balaban J connectivity index is 1.47. The summed E-state index contributed by atoms with van der Waals surface area (Å²) in [7, 11) is 0. The van der Waals surface area contributed by atoms with Crippen molar-refractivity contribution < 1.29 is 19.5 Å². The lowest BCUT2D eigenvalue weighted by atomic mass is 9.70. The van der Waals surface area contributed by atoms with Gasteiger partial charge in [-0.2, -0.15) is 0 Å². The van der Waals surface area contributed by atoms with E-state index in [0.29, 0.717) is 35.8 Å². The molecule has 0 saturated carbocycles. The number of hydrogen-bond acceptors (Lipinski definition) is 5. The number of nitrogens with zero attached hydrogens (tertiary/aromatic N) is 3. The first-order valence-corrected chi connectivity index (χ1v) is 17.8. The second-order valence-corrected chi connectivity index (χ2v) is 15.3. The zero-order valence-electron chi connectivity index (χ0n) is 25.8. The Morgan fingerprint density at radius 1 is 1.00 bits per heavy atom. The van der Waals surface area contributed by atoms with Crippen LogP contribution >= 0.6 is 39.3 Å². The van der Waals surface area contributed by atoms with E-state index < -0.39 is 35.3 Å². The lowest BCUT2D eigenvalue weighted by molar-refractivity contribution is -0.145. The van der Waals surface area contributed by atoms with Gasteiger partial charge in [-0.3, -0.25) is 14.4 Å². The number of likely N-dealkylation sites (tertiary alicyclic amines) is 1. The molecule has 0 radical (unpaired) electrons. The second kappa shape index (κ2) is 14.0. The molecule has 3 heterocycles. The molecule has 3 aromatic rings. The highest BCUT2D eigenvalue weighted by Crippen LogP contribution is 2.69. The minimum atomic E-state index is -0.983. The van der Waals surface area contributed by atoms with Crippen molar-refractivity contribution >= 4 is 62.7 Å². The van der Waals surface area contributed by atoms with Gasteiger partial charge in [0.2, 0.25) is 11.8 Å². The third-order valence-electron chi connectivity index (χ3n) is 9.54. The highest BCUT2D eigenvalue weighted by atomic mass is 79.9. The van der Waals surface area contributed by atoms with E-state index in [4.69, 9.17) is 11.6 Å². The van der Waals surface area contributed by atoms with Gasteiger partial charge in [-0.15, -0.1) is 24.9 Å². The van der Waals surface area contributed by atoms with Crippen LogP contribution in [0, 0.1) is 11.8 Å². The number of rotatable bonds is 12. The maximum Gasteiger partial charge on any atom is 0.251 e. The van der Waals surface area contributed by atoms with E-state index in [1.807, 2.05) is 66.7 Å². The van der Waals surface area contributed by atoms with Gasteiger partial charge in [-0.05, 0) is 29.7 Å². The van der Waals surface area contributed by atoms with E-state index in [9.17, 15) is 14.7 Å². The van der Waals surface area contributed by atoms with Crippen molar-refractivity contribution in [1.82, 2.24) is 9.80 Å². The van der Waals surface area contributed by atoms with Crippen LogP contribution in [0.1, 0.15) is 23.6 Å². The molecule has 7 nitrogen and oxygen atoms in total. The quantitative estimate of drug-likeness (QED) is 0.175. The monoisotopic (exact) mass is 733 g/mol. The molecular weight excluding hydrogens is 698 g/mol. The Kier molecular flexibility index (Phi) is 9.99. The molecule has 47 heavy (non-hydrogen) atoms. The average molecular weight is 735 g/mol. The fourth-order valence-corrected chi connectivity index (χ4v) is 11.5. The van der Waals surface area contributed by atoms with Gasteiger partial charge < -0.3 is 19.8 Å². The largest absolute Gasteiger partial charge is 0.394 e. The van der Waals surface area contributed by atoms with E-state index in [-0.39, 0.29) is 34.3 Å². The van der Waals surface area contributed by atoms with Crippen molar-refractivity contribution in [2.45, 2.75) is 39.9 Å². The average Bonchev–Trinajstić information content (AvgIpc) is 3.68. The molecule has 2 bridgehead atoms. The van der Waals surface area contributed by atoms with Gasteiger partial charge in [0.1, 0.15) is 6.04 Å². The lowest BCUT2D eigenvalue weighted by Crippen LogP contribution is -2.56. The Bertz CT molecular complexity index is 1660. The molecule has 3 aliphatic heterocycles. The second-order valence-electron chi connectivity index (χ2n) is 12.2. The normalized spacial score (nSPS) is 26.5. The maximum absolute atomic E-state index is 15.1. The zero-order chi connectivity index (χ0) is 33.3. The van der Waals surface area contributed by atoms with Crippen molar-refractivity contribution in [2.75, 3.05) is 24.6 Å².